The number of carbonyl (C=O) groups is 2. The Morgan fingerprint density at radius 2 is 1.94 bits per heavy atom. The molecule has 10 nitrogen and oxygen atoms in total. The molecule has 3 heterocycles. The summed E-state index contributed by atoms with van der Waals surface area (Å²) < 4.78 is 51.9. The smallest absolute Gasteiger partial charge is 0.462 e. The number of aromatic nitrogens is 3. The maximum Gasteiger partial charge on any atom is 0.573 e. The molecule has 0 saturated carbocycles. The number of halogens is 3. The van der Waals surface area contributed by atoms with E-state index in [1.54, 1.807) is 13.8 Å². The minimum absolute atomic E-state index is 0.0772. The highest BCUT2D eigenvalue weighted by Crippen LogP contribution is 2.36. The van der Waals surface area contributed by atoms with Crippen molar-refractivity contribution in [3.05, 3.63) is 62.6 Å². The second kappa shape index (κ2) is 8.87. The summed E-state index contributed by atoms with van der Waals surface area (Å²) in [6.45, 7) is 3.41. The summed E-state index contributed by atoms with van der Waals surface area (Å²) in [6, 6.07) is 5.85. The van der Waals surface area contributed by atoms with Crippen molar-refractivity contribution >= 4 is 39.0 Å². The fraction of sp³-hybridized carbons (Fsp3) is 0.190. The number of H-pyrrole nitrogens is 1. The predicted octanol–water partition coefficient (Wildman–Crippen LogP) is 3.05. The molecule has 0 unspecified atom stereocenters. The third-order valence-corrected chi connectivity index (χ3v) is 5.82. The van der Waals surface area contributed by atoms with Crippen LogP contribution in [0.2, 0.25) is 0 Å². The van der Waals surface area contributed by atoms with E-state index in [4.69, 9.17) is 15.0 Å². The number of pyridine rings is 1. The molecule has 0 aliphatic heterocycles. The van der Waals surface area contributed by atoms with Crippen molar-refractivity contribution in [3.63, 3.8) is 0 Å². The van der Waals surface area contributed by atoms with E-state index in [9.17, 15) is 27.6 Å². The van der Waals surface area contributed by atoms with Crippen LogP contribution in [-0.4, -0.2) is 35.0 Å². The van der Waals surface area contributed by atoms with Crippen LogP contribution < -0.4 is 20.8 Å². The normalized spacial score (nSPS) is 11.6. The molecule has 0 amide bonds. The molecule has 182 valence electrons. The van der Waals surface area contributed by atoms with Gasteiger partial charge >= 0.3 is 23.7 Å². The molecule has 1 aromatic carbocycles. The first-order valence-electron chi connectivity index (χ1n) is 9.91. The number of nitrogens with zero attached hydrogens (tertiary/aromatic N) is 2. The zero-order valence-electron chi connectivity index (χ0n) is 18.1. The molecule has 0 radical (unpaired) electrons. The lowest BCUT2D eigenvalue weighted by Crippen LogP contribution is -2.41. The van der Waals surface area contributed by atoms with Gasteiger partial charge in [0.25, 0.3) is 5.78 Å². The van der Waals surface area contributed by atoms with Crippen LogP contribution in [0.5, 0.6) is 5.75 Å². The van der Waals surface area contributed by atoms with Crippen LogP contribution in [0.1, 0.15) is 38.3 Å². The number of esters is 1. The zero-order valence-corrected chi connectivity index (χ0v) is 18.9. The number of fused-ring (bicyclic) bond motifs is 1. The lowest BCUT2D eigenvalue weighted by Gasteiger charge is -2.07. The van der Waals surface area contributed by atoms with Gasteiger partial charge in [-0.25, -0.2) is 14.6 Å². The maximum atomic E-state index is 13.4. The highest BCUT2D eigenvalue weighted by molar-refractivity contribution is 7.21. The van der Waals surface area contributed by atoms with E-state index in [0.717, 1.165) is 28.2 Å². The Hall–Kier alpha value is -4.20. The average Bonchev–Trinajstić information content (AvgIpc) is 3.32. The van der Waals surface area contributed by atoms with Crippen LogP contribution in [-0.2, 0) is 4.74 Å². The van der Waals surface area contributed by atoms with Crippen LogP contribution in [0.4, 0.5) is 18.9 Å². The molecular formula is C21H16F3N4O6S+. The van der Waals surface area contributed by atoms with Gasteiger partial charge < -0.3 is 15.2 Å². The van der Waals surface area contributed by atoms with Gasteiger partial charge in [0.1, 0.15) is 15.5 Å². The van der Waals surface area contributed by atoms with Gasteiger partial charge in [0, 0.05) is 23.2 Å². The topological polar surface area (TPSA) is 141 Å². The fourth-order valence-corrected chi connectivity index (χ4v) is 4.44. The van der Waals surface area contributed by atoms with Crippen LogP contribution >= 0.6 is 11.3 Å². The molecule has 0 aliphatic carbocycles. The Morgan fingerprint density at radius 1 is 1.26 bits per heavy atom. The molecule has 4 rings (SSSR count). The van der Waals surface area contributed by atoms with Gasteiger partial charge in [-0.15, -0.1) is 24.5 Å². The summed E-state index contributed by atoms with van der Waals surface area (Å²) in [5.41, 5.74) is 5.31. The molecule has 0 fully saturated rings. The van der Waals surface area contributed by atoms with Crippen molar-refractivity contribution in [2.24, 2.45) is 0 Å². The SMILES string of the molecule is CCOC(=O)c1cc(C)nc2sc(C(=O)c3c(=O)o[nH][n+]3-c3ccc(OC(F)(F)F)cc3)c(N)c12. The Morgan fingerprint density at radius 3 is 2.57 bits per heavy atom. The number of anilines is 1. The second-order valence-corrected chi connectivity index (χ2v) is 8.09. The molecule has 3 aromatic heterocycles. The number of ether oxygens (including phenoxy) is 2. The van der Waals surface area contributed by atoms with Crippen molar-refractivity contribution in [2.45, 2.75) is 20.2 Å². The minimum Gasteiger partial charge on any atom is -0.462 e. The Balaban J connectivity index is 1.79. The number of ketones is 1. The molecule has 0 bridgehead atoms. The van der Waals surface area contributed by atoms with Crippen LogP contribution in [0.3, 0.4) is 0 Å². The third-order valence-electron chi connectivity index (χ3n) is 4.72. The number of nitrogen functional groups attached to an aromatic ring is 1. The van der Waals surface area contributed by atoms with Crippen molar-refractivity contribution in [1.29, 1.82) is 0 Å². The van der Waals surface area contributed by atoms with Crippen molar-refractivity contribution < 1.29 is 41.4 Å². The summed E-state index contributed by atoms with van der Waals surface area (Å²) in [4.78, 5) is 42.7. The number of hydrogen-bond donors (Lipinski definition) is 2. The quantitative estimate of drug-likeness (QED) is 0.230. The van der Waals surface area contributed by atoms with Gasteiger partial charge in [0.15, 0.2) is 0 Å². The van der Waals surface area contributed by atoms with Gasteiger partial charge in [-0.2, -0.15) is 0 Å². The summed E-state index contributed by atoms with van der Waals surface area (Å²) in [5, 5.41) is 2.45. The monoisotopic (exact) mass is 509 g/mol. The van der Waals surface area contributed by atoms with E-state index >= 15 is 0 Å². The maximum absolute atomic E-state index is 13.4. The first kappa shape index (κ1) is 23.9. The van der Waals surface area contributed by atoms with E-state index in [0.29, 0.717) is 5.69 Å². The zero-order chi connectivity index (χ0) is 25.5. The molecule has 0 atom stereocenters. The molecule has 0 spiro atoms. The molecule has 0 aliphatic rings. The van der Waals surface area contributed by atoms with E-state index in [1.807, 2.05) is 0 Å². The predicted molar refractivity (Wildman–Crippen MR) is 116 cm³/mol. The first-order chi connectivity index (χ1) is 16.5. The lowest BCUT2D eigenvalue weighted by molar-refractivity contribution is -0.672. The van der Waals surface area contributed by atoms with Crippen LogP contribution in [0.25, 0.3) is 15.9 Å². The number of rotatable bonds is 6. The number of alkyl halides is 3. The third kappa shape index (κ3) is 4.59. The molecular weight excluding hydrogens is 493 g/mol. The average molecular weight is 509 g/mol. The van der Waals surface area contributed by atoms with Crippen molar-refractivity contribution in [3.8, 4) is 11.4 Å². The van der Waals surface area contributed by atoms with Gasteiger partial charge in [0.05, 0.1) is 17.9 Å². The number of nitrogens with one attached hydrogen (secondary N) is 1. The highest BCUT2D eigenvalue weighted by Gasteiger charge is 2.36. The summed E-state index contributed by atoms with van der Waals surface area (Å²) in [5.74, 6) is -1.99. The molecule has 14 heteroatoms. The fourth-order valence-electron chi connectivity index (χ4n) is 3.34. The van der Waals surface area contributed by atoms with E-state index < -0.39 is 35.2 Å². The number of benzene rings is 1. The minimum atomic E-state index is -4.88. The summed E-state index contributed by atoms with van der Waals surface area (Å²) in [7, 11) is 0. The van der Waals surface area contributed by atoms with E-state index in [2.05, 4.69) is 15.0 Å². The van der Waals surface area contributed by atoms with Crippen LogP contribution in [0.15, 0.2) is 39.6 Å². The number of hydrogen-bond acceptors (Lipinski definition) is 9. The van der Waals surface area contributed by atoms with E-state index in [-0.39, 0.29) is 38.6 Å². The van der Waals surface area contributed by atoms with Gasteiger partial charge in [0.2, 0.25) is 5.69 Å². The molecule has 4 aromatic rings. The Kier molecular flexibility index (Phi) is 6.06. The highest BCUT2D eigenvalue weighted by atomic mass is 32.1. The number of carbonyl (C=O) groups excluding carboxylic acids is 2. The number of aryl methyl sites for hydroxylation is 1. The Labute approximate surface area is 197 Å². The first-order valence-corrected chi connectivity index (χ1v) is 10.7. The molecule has 35 heavy (non-hydrogen) atoms. The summed E-state index contributed by atoms with van der Waals surface area (Å²) in [6.07, 6.45) is -4.88. The standard InChI is InChI=1S/C21H15F3N4O6S/c1-3-32-19(30)12-8-9(2)26-18-13(12)14(25)17(35-18)16(29)15-20(31)34-27-28(15)10-4-6-11(7-5-10)33-21(22,23)24/h4-8H,3H2,1-2H3,(H2-,25,27,29,31)/p+1. The largest absolute Gasteiger partial charge is 0.573 e. The summed E-state index contributed by atoms with van der Waals surface area (Å²) >= 11 is 0.869. The molecule has 0 saturated heterocycles. The Bertz CT molecular complexity index is 1500. The number of aromatic amines is 1. The molecule has 3 N–H and O–H groups in total. The number of nitrogens with two attached hydrogens (primary N) is 1. The van der Waals surface area contributed by atoms with Gasteiger partial charge in [-0.3, -0.25) is 9.32 Å². The van der Waals surface area contributed by atoms with Crippen LogP contribution in [0, 0.1) is 6.92 Å². The van der Waals surface area contributed by atoms with Crippen molar-refractivity contribution in [1.82, 2.24) is 10.3 Å². The van der Waals surface area contributed by atoms with Crippen molar-refractivity contribution in [2.75, 3.05) is 12.3 Å². The lowest BCUT2D eigenvalue weighted by atomic mass is 10.1. The van der Waals surface area contributed by atoms with E-state index in [1.165, 1.54) is 18.2 Å². The van der Waals surface area contributed by atoms with Gasteiger partial charge in [-0.1, -0.05) is 0 Å². The number of thiophene rings is 1. The second-order valence-electron chi connectivity index (χ2n) is 7.09. The van der Waals surface area contributed by atoms with Gasteiger partial charge in [-0.05, 0) is 42.0 Å².